The van der Waals surface area contributed by atoms with Crippen LogP contribution in [0.15, 0.2) is 29.4 Å². The Balaban J connectivity index is 2.30. The van der Waals surface area contributed by atoms with Crippen molar-refractivity contribution in [1.29, 1.82) is 0 Å². The summed E-state index contributed by atoms with van der Waals surface area (Å²) in [6.07, 6.45) is 1.46. The van der Waals surface area contributed by atoms with Gasteiger partial charge in [-0.05, 0) is 37.1 Å². The molecule has 1 aromatic rings. The zero-order valence-electron chi connectivity index (χ0n) is 12.7. The van der Waals surface area contributed by atoms with Gasteiger partial charge in [-0.3, -0.25) is 0 Å². The topological polar surface area (TPSA) is 100 Å². The van der Waals surface area contributed by atoms with Gasteiger partial charge in [0.1, 0.15) is 12.4 Å². The van der Waals surface area contributed by atoms with Crippen LogP contribution in [0.2, 0.25) is 0 Å². The zero-order chi connectivity index (χ0) is 15.7. The van der Waals surface area contributed by atoms with E-state index in [2.05, 4.69) is 10.5 Å². The van der Waals surface area contributed by atoms with Crippen molar-refractivity contribution in [3.63, 3.8) is 0 Å². The molecule has 0 saturated carbocycles. The molecular weight excluding hydrogens is 270 g/mol. The Hall–Kier alpha value is -1.79. The van der Waals surface area contributed by atoms with Crippen LogP contribution in [0.4, 0.5) is 0 Å². The van der Waals surface area contributed by atoms with Gasteiger partial charge in [-0.15, -0.1) is 0 Å². The summed E-state index contributed by atoms with van der Waals surface area (Å²) in [5.74, 6) is 0.786. The van der Waals surface area contributed by atoms with Crippen LogP contribution in [0.3, 0.4) is 0 Å². The summed E-state index contributed by atoms with van der Waals surface area (Å²) in [6.45, 7) is 5.68. The molecule has 6 nitrogen and oxygen atoms in total. The number of nitrogens with zero attached hydrogens (tertiary/aromatic N) is 1. The number of nitrogens with two attached hydrogens (primary N) is 1. The molecule has 0 saturated heterocycles. The number of hydrogen-bond donors (Lipinski definition) is 4. The van der Waals surface area contributed by atoms with Gasteiger partial charge in [-0.2, -0.15) is 0 Å². The average Bonchev–Trinajstić information content (AvgIpc) is 2.54. The minimum atomic E-state index is -0.636. The smallest absolute Gasteiger partial charge is 0.170 e. The van der Waals surface area contributed by atoms with E-state index in [0.29, 0.717) is 31.0 Å². The maximum atomic E-state index is 10.1. The highest BCUT2D eigenvalue weighted by Gasteiger charge is 2.20. The Labute approximate surface area is 125 Å². The predicted octanol–water partition coefficient (Wildman–Crippen LogP) is 1.30. The van der Waals surface area contributed by atoms with Crippen molar-refractivity contribution in [1.82, 2.24) is 5.32 Å². The SMILES string of the molecule is CCC(O)(CC)CNCCOc1ccc(C(N)=NO)cc1. The average molecular weight is 295 g/mol. The number of hydrogen-bond acceptors (Lipinski definition) is 5. The van der Waals surface area contributed by atoms with Crippen LogP contribution in [-0.2, 0) is 0 Å². The van der Waals surface area contributed by atoms with Crippen molar-refractivity contribution in [2.45, 2.75) is 32.3 Å². The maximum Gasteiger partial charge on any atom is 0.170 e. The van der Waals surface area contributed by atoms with Crippen molar-refractivity contribution in [3.05, 3.63) is 29.8 Å². The third kappa shape index (κ3) is 5.61. The molecule has 0 aromatic heterocycles. The monoisotopic (exact) mass is 295 g/mol. The second kappa shape index (κ2) is 8.49. The van der Waals surface area contributed by atoms with Crippen molar-refractivity contribution in [2.24, 2.45) is 10.9 Å². The van der Waals surface area contributed by atoms with Gasteiger partial charge in [0.05, 0.1) is 5.60 Å². The fourth-order valence-electron chi connectivity index (χ4n) is 1.84. The van der Waals surface area contributed by atoms with Crippen LogP contribution in [0.5, 0.6) is 5.75 Å². The number of benzene rings is 1. The minimum Gasteiger partial charge on any atom is -0.492 e. The summed E-state index contributed by atoms with van der Waals surface area (Å²) >= 11 is 0. The van der Waals surface area contributed by atoms with Crippen LogP contribution >= 0.6 is 0 Å². The summed E-state index contributed by atoms with van der Waals surface area (Å²) in [5.41, 5.74) is 5.48. The predicted molar refractivity (Wildman–Crippen MR) is 82.8 cm³/mol. The Bertz CT molecular complexity index is 442. The largest absolute Gasteiger partial charge is 0.492 e. The van der Waals surface area contributed by atoms with E-state index >= 15 is 0 Å². The molecule has 0 atom stereocenters. The lowest BCUT2D eigenvalue weighted by Gasteiger charge is -2.25. The molecule has 5 N–H and O–H groups in total. The van der Waals surface area contributed by atoms with E-state index in [1.165, 1.54) is 0 Å². The quantitative estimate of drug-likeness (QED) is 0.181. The normalized spacial score (nSPS) is 12.4. The molecule has 6 heteroatoms. The Morgan fingerprint density at radius 2 is 1.90 bits per heavy atom. The van der Waals surface area contributed by atoms with Crippen LogP contribution in [0.25, 0.3) is 0 Å². The molecule has 0 fully saturated rings. The number of aliphatic hydroxyl groups is 1. The van der Waals surface area contributed by atoms with Gasteiger partial charge in [0.25, 0.3) is 0 Å². The standard InChI is InChI=1S/C15H25N3O3/c1-3-15(19,4-2)11-17-9-10-21-13-7-5-12(6-8-13)14(16)18-20/h5-8,17,19-20H,3-4,9-11H2,1-2H3,(H2,16,18). The van der Waals surface area contributed by atoms with E-state index in [9.17, 15) is 5.11 Å². The lowest BCUT2D eigenvalue weighted by molar-refractivity contribution is 0.0320. The van der Waals surface area contributed by atoms with Gasteiger partial charge in [-0.1, -0.05) is 19.0 Å². The van der Waals surface area contributed by atoms with Crippen molar-refractivity contribution < 1.29 is 15.1 Å². The summed E-state index contributed by atoms with van der Waals surface area (Å²) in [7, 11) is 0. The minimum absolute atomic E-state index is 0.0710. The van der Waals surface area contributed by atoms with Crippen LogP contribution in [-0.4, -0.2) is 41.4 Å². The highest BCUT2D eigenvalue weighted by atomic mass is 16.5. The van der Waals surface area contributed by atoms with Crippen LogP contribution in [0, 0.1) is 0 Å². The summed E-state index contributed by atoms with van der Waals surface area (Å²) in [4.78, 5) is 0. The number of amidine groups is 1. The van der Waals surface area contributed by atoms with E-state index in [1.54, 1.807) is 24.3 Å². The van der Waals surface area contributed by atoms with E-state index in [4.69, 9.17) is 15.7 Å². The lowest BCUT2D eigenvalue weighted by atomic mass is 9.98. The first-order valence-electron chi connectivity index (χ1n) is 7.18. The molecule has 0 spiro atoms. The Morgan fingerprint density at radius 1 is 1.29 bits per heavy atom. The molecule has 0 aliphatic rings. The van der Waals surface area contributed by atoms with Crippen LogP contribution < -0.4 is 15.8 Å². The summed E-state index contributed by atoms with van der Waals surface area (Å²) < 4.78 is 5.57. The van der Waals surface area contributed by atoms with Gasteiger partial charge in [-0.25, -0.2) is 0 Å². The first-order valence-corrected chi connectivity index (χ1v) is 7.18. The number of nitrogens with one attached hydrogen (secondary N) is 1. The molecule has 0 radical (unpaired) electrons. The van der Waals surface area contributed by atoms with E-state index in [-0.39, 0.29) is 5.84 Å². The fourth-order valence-corrected chi connectivity index (χ4v) is 1.84. The highest BCUT2D eigenvalue weighted by Crippen LogP contribution is 2.13. The van der Waals surface area contributed by atoms with E-state index in [0.717, 1.165) is 12.8 Å². The molecule has 0 bridgehead atoms. The fraction of sp³-hybridized carbons (Fsp3) is 0.533. The maximum absolute atomic E-state index is 10.1. The second-order valence-electron chi connectivity index (χ2n) is 4.97. The zero-order valence-corrected chi connectivity index (χ0v) is 12.7. The van der Waals surface area contributed by atoms with Gasteiger partial charge in [0.15, 0.2) is 5.84 Å². The second-order valence-corrected chi connectivity index (χ2v) is 4.97. The van der Waals surface area contributed by atoms with Gasteiger partial charge >= 0.3 is 0 Å². The molecule has 118 valence electrons. The van der Waals surface area contributed by atoms with E-state index < -0.39 is 5.60 Å². The Morgan fingerprint density at radius 3 is 2.43 bits per heavy atom. The number of ether oxygens (including phenoxy) is 1. The van der Waals surface area contributed by atoms with Crippen LogP contribution in [0.1, 0.15) is 32.3 Å². The third-order valence-corrected chi connectivity index (χ3v) is 3.58. The third-order valence-electron chi connectivity index (χ3n) is 3.58. The number of oxime groups is 1. The van der Waals surface area contributed by atoms with E-state index in [1.807, 2.05) is 13.8 Å². The molecular formula is C15H25N3O3. The van der Waals surface area contributed by atoms with Crippen molar-refractivity contribution in [3.8, 4) is 5.75 Å². The van der Waals surface area contributed by atoms with Crippen molar-refractivity contribution >= 4 is 5.84 Å². The Kier molecular flexibility index (Phi) is 6.98. The van der Waals surface area contributed by atoms with Gasteiger partial charge < -0.3 is 26.1 Å². The first-order chi connectivity index (χ1) is 10.0. The molecule has 0 aliphatic carbocycles. The van der Waals surface area contributed by atoms with Gasteiger partial charge in [0.2, 0.25) is 0 Å². The highest BCUT2D eigenvalue weighted by molar-refractivity contribution is 5.97. The van der Waals surface area contributed by atoms with Crippen molar-refractivity contribution in [2.75, 3.05) is 19.7 Å². The molecule has 1 aromatic carbocycles. The molecule has 0 aliphatic heterocycles. The first kappa shape index (κ1) is 17.3. The number of rotatable bonds is 9. The molecule has 0 heterocycles. The molecule has 1 rings (SSSR count). The summed E-state index contributed by atoms with van der Waals surface area (Å²) in [6, 6.07) is 6.99. The molecule has 0 unspecified atom stereocenters. The summed E-state index contributed by atoms with van der Waals surface area (Å²) in [5, 5.41) is 24.8. The molecule has 0 amide bonds. The van der Waals surface area contributed by atoms with Gasteiger partial charge in [0, 0.05) is 18.7 Å². The lowest BCUT2D eigenvalue weighted by Crippen LogP contribution is -2.40. The molecule has 21 heavy (non-hydrogen) atoms.